The highest BCUT2D eigenvalue weighted by Crippen LogP contribution is 2.23. The largest absolute Gasteiger partial charge is 0.381 e. The van der Waals surface area contributed by atoms with Gasteiger partial charge in [-0.25, -0.2) is 9.18 Å². The second-order valence-electron chi connectivity index (χ2n) is 6.60. The van der Waals surface area contributed by atoms with Crippen molar-refractivity contribution in [1.29, 1.82) is 0 Å². The van der Waals surface area contributed by atoms with Gasteiger partial charge in [0.05, 0.1) is 30.4 Å². The number of hydrogen-bond donors (Lipinski definition) is 2. The topological polar surface area (TPSA) is 106 Å². The summed E-state index contributed by atoms with van der Waals surface area (Å²) >= 11 is 0. The Bertz CT molecular complexity index is 677. The van der Waals surface area contributed by atoms with Crippen molar-refractivity contribution in [1.82, 2.24) is 10.2 Å². The van der Waals surface area contributed by atoms with Gasteiger partial charge in [-0.3, -0.25) is 15.0 Å². The molecule has 2 N–H and O–H groups in total. The van der Waals surface area contributed by atoms with Gasteiger partial charge < -0.3 is 20.1 Å². The van der Waals surface area contributed by atoms with Gasteiger partial charge in [0, 0.05) is 50.3 Å². The first-order valence-electron chi connectivity index (χ1n) is 8.93. The molecule has 27 heavy (non-hydrogen) atoms. The zero-order valence-electron chi connectivity index (χ0n) is 14.9. The Labute approximate surface area is 156 Å². The number of nitro benzene ring substituents is 1. The fraction of sp³-hybridized carbons (Fsp3) is 0.588. The van der Waals surface area contributed by atoms with Crippen LogP contribution in [0.5, 0.6) is 0 Å². The third kappa shape index (κ3) is 5.12. The maximum Gasteiger partial charge on any atom is 0.319 e. The third-order valence-electron chi connectivity index (χ3n) is 4.90. The first-order valence-corrected chi connectivity index (χ1v) is 8.93. The molecule has 2 amide bonds. The Morgan fingerprint density at radius 1 is 1.33 bits per heavy atom. The van der Waals surface area contributed by atoms with E-state index in [0.717, 1.165) is 37.7 Å². The van der Waals surface area contributed by atoms with Gasteiger partial charge in [0.15, 0.2) is 0 Å². The number of urea groups is 1. The number of benzene rings is 1. The van der Waals surface area contributed by atoms with E-state index in [4.69, 9.17) is 9.47 Å². The van der Waals surface area contributed by atoms with Gasteiger partial charge in [0.2, 0.25) is 0 Å². The van der Waals surface area contributed by atoms with Gasteiger partial charge in [-0.1, -0.05) is 0 Å². The van der Waals surface area contributed by atoms with E-state index in [2.05, 4.69) is 15.5 Å². The molecule has 1 aromatic rings. The number of nitro groups is 1. The van der Waals surface area contributed by atoms with Crippen molar-refractivity contribution in [2.45, 2.75) is 12.5 Å². The van der Waals surface area contributed by atoms with E-state index in [1.54, 1.807) is 0 Å². The van der Waals surface area contributed by atoms with Gasteiger partial charge in [0.25, 0.3) is 5.69 Å². The van der Waals surface area contributed by atoms with E-state index in [1.807, 2.05) is 0 Å². The summed E-state index contributed by atoms with van der Waals surface area (Å²) in [6, 6.07) is 2.50. The molecule has 0 saturated carbocycles. The summed E-state index contributed by atoms with van der Waals surface area (Å²) in [5.74, 6) is -0.428. The quantitative estimate of drug-likeness (QED) is 0.572. The smallest absolute Gasteiger partial charge is 0.319 e. The summed E-state index contributed by atoms with van der Waals surface area (Å²) in [6.45, 7) is 4.58. The van der Waals surface area contributed by atoms with Crippen LogP contribution in [0.2, 0.25) is 0 Å². The van der Waals surface area contributed by atoms with Crippen LogP contribution in [-0.4, -0.2) is 68.0 Å². The van der Waals surface area contributed by atoms with Crippen molar-refractivity contribution in [2.24, 2.45) is 5.92 Å². The van der Waals surface area contributed by atoms with E-state index in [1.165, 1.54) is 0 Å². The molecule has 148 valence electrons. The van der Waals surface area contributed by atoms with E-state index >= 15 is 0 Å². The van der Waals surface area contributed by atoms with Crippen LogP contribution >= 0.6 is 0 Å². The Morgan fingerprint density at radius 2 is 2.11 bits per heavy atom. The molecule has 2 fully saturated rings. The van der Waals surface area contributed by atoms with Crippen LogP contribution < -0.4 is 10.6 Å². The predicted molar refractivity (Wildman–Crippen MR) is 95.2 cm³/mol. The van der Waals surface area contributed by atoms with Crippen molar-refractivity contribution in [2.75, 3.05) is 51.4 Å². The zero-order valence-corrected chi connectivity index (χ0v) is 14.9. The molecule has 0 unspecified atom stereocenters. The van der Waals surface area contributed by atoms with Crippen LogP contribution in [0.25, 0.3) is 0 Å². The normalized spacial score (nSPS) is 21.6. The van der Waals surface area contributed by atoms with Crippen molar-refractivity contribution in [3.05, 3.63) is 34.1 Å². The first kappa shape index (κ1) is 19.5. The van der Waals surface area contributed by atoms with Crippen LogP contribution in [0.4, 0.5) is 20.6 Å². The highest BCUT2D eigenvalue weighted by atomic mass is 19.1. The van der Waals surface area contributed by atoms with E-state index < -0.39 is 16.8 Å². The van der Waals surface area contributed by atoms with E-state index in [0.29, 0.717) is 38.9 Å². The number of ether oxygens (including phenoxy) is 2. The van der Waals surface area contributed by atoms with Crippen LogP contribution in [-0.2, 0) is 9.47 Å². The maximum absolute atomic E-state index is 13.8. The molecule has 0 aliphatic carbocycles. The number of anilines is 1. The highest BCUT2D eigenvalue weighted by Gasteiger charge is 2.31. The summed E-state index contributed by atoms with van der Waals surface area (Å²) in [7, 11) is 0. The number of nitrogens with zero attached hydrogens (tertiary/aromatic N) is 2. The molecule has 2 heterocycles. The molecule has 0 radical (unpaired) electrons. The van der Waals surface area contributed by atoms with Crippen molar-refractivity contribution in [3.8, 4) is 0 Å². The van der Waals surface area contributed by atoms with Crippen LogP contribution in [0.15, 0.2) is 18.2 Å². The molecule has 0 aromatic heterocycles. The Hall–Kier alpha value is -2.30. The fourth-order valence-corrected chi connectivity index (χ4v) is 3.45. The van der Waals surface area contributed by atoms with Crippen molar-refractivity contribution >= 4 is 17.4 Å². The lowest BCUT2D eigenvalue weighted by atomic mass is 9.97. The van der Waals surface area contributed by atoms with Crippen LogP contribution in [0, 0.1) is 21.8 Å². The first-order chi connectivity index (χ1) is 13.0. The van der Waals surface area contributed by atoms with E-state index in [-0.39, 0.29) is 17.4 Å². The van der Waals surface area contributed by atoms with Crippen molar-refractivity contribution in [3.63, 3.8) is 0 Å². The Kier molecular flexibility index (Phi) is 6.54. The van der Waals surface area contributed by atoms with Crippen LogP contribution in [0.3, 0.4) is 0 Å². The number of non-ortho nitro benzene ring substituents is 1. The monoisotopic (exact) mass is 382 g/mol. The molecular weight excluding hydrogens is 359 g/mol. The molecular formula is C17H23FN4O5. The molecule has 0 spiro atoms. The average Bonchev–Trinajstić information content (AvgIpc) is 3.19. The molecule has 2 aliphatic heterocycles. The summed E-state index contributed by atoms with van der Waals surface area (Å²) in [5.41, 5.74) is -0.519. The van der Waals surface area contributed by atoms with Gasteiger partial charge in [-0.15, -0.1) is 0 Å². The number of carbonyl (C=O) groups is 1. The molecule has 2 saturated heterocycles. The number of hydrogen-bond acceptors (Lipinski definition) is 6. The number of halogens is 1. The molecule has 9 nitrogen and oxygen atoms in total. The molecule has 2 atom stereocenters. The number of nitrogens with one attached hydrogen (secondary N) is 2. The fourth-order valence-electron chi connectivity index (χ4n) is 3.45. The number of amides is 2. The SMILES string of the molecule is O=C(NC[C@@H]([C@@H]1CCOC1)N1CCOCC1)Nc1cc([N+](=O)[O-])ccc1F. The molecule has 0 bridgehead atoms. The Morgan fingerprint density at radius 3 is 2.78 bits per heavy atom. The predicted octanol–water partition coefficient (Wildman–Crippen LogP) is 1.59. The summed E-state index contributed by atoms with van der Waals surface area (Å²) in [4.78, 5) is 24.7. The number of rotatable bonds is 6. The summed E-state index contributed by atoms with van der Waals surface area (Å²) in [5, 5.41) is 15.9. The van der Waals surface area contributed by atoms with Gasteiger partial charge in [-0.2, -0.15) is 0 Å². The molecule has 2 aliphatic rings. The van der Waals surface area contributed by atoms with Crippen LogP contribution in [0.1, 0.15) is 6.42 Å². The van der Waals surface area contributed by atoms with Gasteiger partial charge in [0.1, 0.15) is 5.82 Å². The average molecular weight is 382 g/mol. The maximum atomic E-state index is 13.8. The Balaban J connectivity index is 1.60. The minimum atomic E-state index is -0.732. The summed E-state index contributed by atoms with van der Waals surface area (Å²) < 4.78 is 24.7. The number of carbonyl (C=O) groups excluding carboxylic acids is 1. The standard InChI is InChI=1S/C17H23FN4O5/c18-14-2-1-13(22(24)25)9-15(14)20-17(23)19-10-16(12-3-6-27-11-12)21-4-7-26-8-5-21/h1-2,9,12,16H,3-8,10-11H2,(H2,19,20,23)/t12-,16+/m1/s1. The lowest BCUT2D eigenvalue weighted by Crippen LogP contribution is -2.52. The molecule has 1 aromatic carbocycles. The third-order valence-corrected chi connectivity index (χ3v) is 4.90. The minimum Gasteiger partial charge on any atom is -0.381 e. The van der Waals surface area contributed by atoms with Gasteiger partial charge >= 0.3 is 6.03 Å². The van der Waals surface area contributed by atoms with E-state index in [9.17, 15) is 19.3 Å². The number of morpholine rings is 1. The second kappa shape index (κ2) is 9.07. The summed E-state index contributed by atoms with van der Waals surface area (Å²) in [6.07, 6.45) is 0.921. The lowest BCUT2D eigenvalue weighted by molar-refractivity contribution is -0.384. The lowest BCUT2D eigenvalue weighted by Gasteiger charge is -2.37. The molecule has 10 heteroatoms. The second-order valence-corrected chi connectivity index (χ2v) is 6.60. The minimum absolute atomic E-state index is 0.0945. The van der Waals surface area contributed by atoms with Gasteiger partial charge in [-0.05, 0) is 12.5 Å². The zero-order chi connectivity index (χ0) is 19.2. The molecule has 3 rings (SSSR count). The van der Waals surface area contributed by atoms with Crippen molar-refractivity contribution < 1.29 is 23.6 Å². The highest BCUT2D eigenvalue weighted by molar-refractivity contribution is 5.89.